The number of hydrogen-bond donors (Lipinski definition) is 2. The molecule has 0 spiro atoms. The lowest BCUT2D eigenvalue weighted by Crippen LogP contribution is -2.19. The molecule has 1 rings (SSSR count). The van der Waals surface area contributed by atoms with Gasteiger partial charge in [0.1, 0.15) is 0 Å². The van der Waals surface area contributed by atoms with Crippen LogP contribution in [0.1, 0.15) is 25.0 Å². The lowest BCUT2D eigenvalue weighted by molar-refractivity contribution is 0.0776. The van der Waals surface area contributed by atoms with Crippen molar-refractivity contribution in [3.05, 3.63) is 35.4 Å². The molecule has 0 unspecified atom stereocenters. The summed E-state index contributed by atoms with van der Waals surface area (Å²) in [4.78, 5) is 0. The van der Waals surface area contributed by atoms with Crippen LogP contribution < -0.4 is 5.73 Å². The van der Waals surface area contributed by atoms with E-state index in [0.717, 1.165) is 17.5 Å². The largest absolute Gasteiger partial charge is 0.386 e. The molecule has 72 valence electrons. The molecule has 3 N–H and O–H groups in total. The summed E-state index contributed by atoms with van der Waals surface area (Å²) in [7, 11) is 0. The van der Waals surface area contributed by atoms with Gasteiger partial charge in [-0.1, -0.05) is 24.3 Å². The molecule has 13 heavy (non-hydrogen) atoms. The standard InChI is InChI=1S/C11H17NO/c1-11(2,13)10-6-4-3-5-9(10)7-8-12/h3-6,13H,7-8,12H2,1-2H3. The molecule has 0 aliphatic carbocycles. The highest BCUT2D eigenvalue weighted by Gasteiger charge is 2.18. The van der Waals surface area contributed by atoms with Gasteiger partial charge in [-0.25, -0.2) is 0 Å². The highest BCUT2D eigenvalue weighted by Crippen LogP contribution is 2.23. The Bertz CT molecular complexity index is 276. The van der Waals surface area contributed by atoms with E-state index in [1.807, 2.05) is 24.3 Å². The normalized spacial score (nSPS) is 11.7. The quantitative estimate of drug-likeness (QED) is 0.737. The van der Waals surface area contributed by atoms with E-state index >= 15 is 0 Å². The Morgan fingerprint density at radius 3 is 2.46 bits per heavy atom. The lowest BCUT2D eigenvalue weighted by Gasteiger charge is -2.21. The minimum Gasteiger partial charge on any atom is -0.386 e. The first-order chi connectivity index (χ1) is 6.05. The SMILES string of the molecule is CC(C)(O)c1ccccc1CCN. The average molecular weight is 179 g/mol. The van der Waals surface area contributed by atoms with Crippen molar-refractivity contribution in [2.45, 2.75) is 25.9 Å². The summed E-state index contributed by atoms with van der Waals surface area (Å²) >= 11 is 0. The van der Waals surface area contributed by atoms with E-state index in [9.17, 15) is 5.11 Å². The molecule has 0 bridgehead atoms. The van der Waals surface area contributed by atoms with Gasteiger partial charge in [-0.3, -0.25) is 0 Å². The molecule has 0 amide bonds. The first-order valence-corrected chi connectivity index (χ1v) is 4.56. The van der Waals surface area contributed by atoms with Crippen LogP contribution in [0.25, 0.3) is 0 Å². The third-order valence-electron chi connectivity index (χ3n) is 2.09. The summed E-state index contributed by atoms with van der Waals surface area (Å²) in [6.07, 6.45) is 0.820. The minimum atomic E-state index is -0.772. The second kappa shape index (κ2) is 3.90. The van der Waals surface area contributed by atoms with Crippen LogP contribution in [0.4, 0.5) is 0 Å². The maximum Gasteiger partial charge on any atom is 0.0843 e. The van der Waals surface area contributed by atoms with E-state index in [1.165, 1.54) is 0 Å². The van der Waals surface area contributed by atoms with Gasteiger partial charge in [-0.05, 0) is 37.9 Å². The van der Waals surface area contributed by atoms with Gasteiger partial charge in [-0.2, -0.15) is 0 Å². The molecule has 0 atom stereocenters. The smallest absolute Gasteiger partial charge is 0.0843 e. The second-order valence-electron chi connectivity index (χ2n) is 3.75. The molecule has 0 heterocycles. The molecule has 1 aromatic rings. The van der Waals surface area contributed by atoms with Crippen LogP contribution in [0, 0.1) is 0 Å². The zero-order valence-electron chi connectivity index (χ0n) is 8.25. The lowest BCUT2D eigenvalue weighted by atomic mass is 9.92. The molecule has 2 heteroatoms. The number of aliphatic hydroxyl groups is 1. The maximum absolute atomic E-state index is 9.86. The fourth-order valence-electron chi connectivity index (χ4n) is 1.49. The zero-order valence-corrected chi connectivity index (χ0v) is 8.25. The molecule has 0 aromatic heterocycles. The summed E-state index contributed by atoms with van der Waals surface area (Å²) < 4.78 is 0. The van der Waals surface area contributed by atoms with Crippen LogP contribution in [0.5, 0.6) is 0 Å². The van der Waals surface area contributed by atoms with Crippen LogP contribution in [-0.2, 0) is 12.0 Å². The van der Waals surface area contributed by atoms with Gasteiger partial charge in [0.15, 0.2) is 0 Å². The zero-order chi connectivity index (χ0) is 9.90. The predicted octanol–water partition coefficient (Wildman–Crippen LogP) is 1.42. The molecule has 2 nitrogen and oxygen atoms in total. The first-order valence-electron chi connectivity index (χ1n) is 4.56. The molecule has 0 radical (unpaired) electrons. The number of nitrogens with two attached hydrogens (primary N) is 1. The molecular formula is C11H17NO. The van der Waals surface area contributed by atoms with Crippen LogP contribution >= 0.6 is 0 Å². The van der Waals surface area contributed by atoms with Crippen molar-refractivity contribution in [3.63, 3.8) is 0 Å². The van der Waals surface area contributed by atoms with E-state index in [2.05, 4.69) is 0 Å². The Morgan fingerprint density at radius 1 is 1.31 bits per heavy atom. The molecule has 0 saturated heterocycles. The van der Waals surface area contributed by atoms with Crippen molar-refractivity contribution < 1.29 is 5.11 Å². The maximum atomic E-state index is 9.86. The molecule has 0 saturated carbocycles. The predicted molar refractivity (Wildman–Crippen MR) is 54.4 cm³/mol. The molecule has 0 aliphatic rings. The molecule has 0 fully saturated rings. The number of benzene rings is 1. The summed E-state index contributed by atoms with van der Waals surface area (Å²) in [6.45, 7) is 4.21. The van der Waals surface area contributed by atoms with E-state index in [0.29, 0.717) is 6.54 Å². The van der Waals surface area contributed by atoms with E-state index in [1.54, 1.807) is 13.8 Å². The molecular weight excluding hydrogens is 162 g/mol. The van der Waals surface area contributed by atoms with Crippen LogP contribution in [0.3, 0.4) is 0 Å². The third kappa shape index (κ3) is 2.54. The van der Waals surface area contributed by atoms with Gasteiger partial charge >= 0.3 is 0 Å². The summed E-state index contributed by atoms with van der Waals surface area (Å²) in [5.41, 5.74) is 6.83. The van der Waals surface area contributed by atoms with Crippen LogP contribution in [-0.4, -0.2) is 11.7 Å². The minimum absolute atomic E-state index is 0.618. The van der Waals surface area contributed by atoms with Gasteiger partial charge in [0.05, 0.1) is 5.60 Å². The van der Waals surface area contributed by atoms with Crippen molar-refractivity contribution in [2.75, 3.05) is 6.54 Å². The summed E-state index contributed by atoms with van der Waals surface area (Å²) in [5.74, 6) is 0. The van der Waals surface area contributed by atoms with Crippen molar-refractivity contribution in [1.82, 2.24) is 0 Å². The fourth-order valence-corrected chi connectivity index (χ4v) is 1.49. The van der Waals surface area contributed by atoms with Crippen LogP contribution in [0.15, 0.2) is 24.3 Å². The van der Waals surface area contributed by atoms with Crippen LogP contribution in [0.2, 0.25) is 0 Å². The highest BCUT2D eigenvalue weighted by atomic mass is 16.3. The monoisotopic (exact) mass is 179 g/mol. The first kappa shape index (κ1) is 10.2. The van der Waals surface area contributed by atoms with E-state index < -0.39 is 5.60 Å². The van der Waals surface area contributed by atoms with Crippen molar-refractivity contribution in [3.8, 4) is 0 Å². The average Bonchev–Trinajstić information content (AvgIpc) is 2.04. The Hall–Kier alpha value is -0.860. The van der Waals surface area contributed by atoms with Gasteiger partial charge < -0.3 is 10.8 Å². The van der Waals surface area contributed by atoms with Crippen molar-refractivity contribution in [2.24, 2.45) is 5.73 Å². The molecule has 1 aromatic carbocycles. The summed E-state index contributed by atoms with van der Waals surface area (Å²) in [5, 5.41) is 9.86. The van der Waals surface area contributed by atoms with Crippen molar-refractivity contribution in [1.29, 1.82) is 0 Å². The Labute approximate surface area is 79.4 Å². The molecule has 0 aliphatic heterocycles. The Kier molecular flexibility index (Phi) is 3.07. The number of rotatable bonds is 3. The Balaban J connectivity index is 3.05. The Morgan fingerprint density at radius 2 is 1.92 bits per heavy atom. The van der Waals surface area contributed by atoms with Gasteiger partial charge in [0, 0.05) is 0 Å². The highest BCUT2D eigenvalue weighted by molar-refractivity contribution is 5.31. The second-order valence-corrected chi connectivity index (χ2v) is 3.75. The van der Waals surface area contributed by atoms with Gasteiger partial charge in [0.25, 0.3) is 0 Å². The van der Waals surface area contributed by atoms with Crippen molar-refractivity contribution >= 4 is 0 Å². The van der Waals surface area contributed by atoms with E-state index in [4.69, 9.17) is 5.73 Å². The number of hydrogen-bond acceptors (Lipinski definition) is 2. The topological polar surface area (TPSA) is 46.2 Å². The van der Waals surface area contributed by atoms with Gasteiger partial charge in [-0.15, -0.1) is 0 Å². The third-order valence-corrected chi connectivity index (χ3v) is 2.09. The summed E-state index contributed by atoms with van der Waals surface area (Å²) in [6, 6.07) is 7.87. The fraction of sp³-hybridized carbons (Fsp3) is 0.455. The van der Waals surface area contributed by atoms with E-state index in [-0.39, 0.29) is 0 Å². The van der Waals surface area contributed by atoms with Gasteiger partial charge in [0.2, 0.25) is 0 Å².